The van der Waals surface area contributed by atoms with Crippen LogP contribution in [0.1, 0.15) is 28.9 Å². The van der Waals surface area contributed by atoms with E-state index in [0.29, 0.717) is 0 Å². The number of methoxy groups -OCH3 is 1. The maximum absolute atomic E-state index is 12.3. The molecule has 13 nitrogen and oxygen atoms in total. The lowest BCUT2D eigenvalue weighted by Gasteiger charge is -2.11. The number of carboxylic acid groups (broad SMARTS) is 1. The van der Waals surface area contributed by atoms with E-state index in [2.05, 4.69) is 25.6 Å². The predicted molar refractivity (Wildman–Crippen MR) is 106 cm³/mol. The van der Waals surface area contributed by atoms with Crippen LogP contribution in [0.15, 0.2) is 16.9 Å². The summed E-state index contributed by atoms with van der Waals surface area (Å²) in [7, 11) is 1.30. The highest BCUT2D eigenvalue weighted by Gasteiger charge is 2.17. The van der Waals surface area contributed by atoms with Crippen LogP contribution in [0.3, 0.4) is 0 Å². The number of aromatic nitrogens is 3. The third-order valence-electron chi connectivity index (χ3n) is 3.82. The van der Waals surface area contributed by atoms with Crippen LogP contribution in [-0.4, -0.2) is 51.5 Å². The number of H-pyrrole nitrogens is 1. The molecule has 0 saturated heterocycles. The summed E-state index contributed by atoms with van der Waals surface area (Å²) < 4.78 is 5.10. The molecule has 0 radical (unpaired) electrons. The van der Waals surface area contributed by atoms with Crippen LogP contribution in [0.5, 0.6) is 5.88 Å². The minimum Gasteiger partial charge on any atom is -0.481 e. The first-order valence-corrected chi connectivity index (χ1v) is 8.70. The fourth-order valence-electron chi connectivity index (χ4n) is 2.41. The lowest BCUT2D eigenvalue weighted by Crippen LogP contribution is -2.26. The number of carboxylic acids is 1. The number of hydrogen-bond donors (Lipinski definition) is 6. The number of nitrogens with one attached hydrogen (secondary N) is 3. The SMILES string of the molecule is COc1nc(C(=O)NCCCC(=O)O)ccc1NC(=O)Cc1c(N)nc(N)[nH]c1=O. The summed E-state index contributed by atoms with van der Waals surface area (Å²) in [5, 5.41) is 13.6. The number of carbonyl (C=O) groups excluding carboxylic acids is 2. The van der Waals surface area contributed by atoms with Crippen molar-refractivity contribution in [3.8, 4) is 5.88 Å². The number of carbonyl (C=O) groups is 3. The van der Waals surface area contributed by atoms with Crippen molar-refractivity contribution >= 4 is 35.2 Å². The molecule has 2 aromatic heterocycles. The molecule has 0 aliphatic carbocycles. The van der Waals surface area contributed by atoms with E-state index >= 15 is 0 Å². The largest absolute Gasteiger partial charge is 0.481 e. The van der Waals surface area contributed by atoms with Crippen molar-refractivity contribution in [2.24, 2.45) is 0 Å². The fourth-order valence-corrected chi connectivity index (χ4v) is 2.41. The average molecular weight is 419 g/mol. The molecule has 0 bridgehead atoms. The standard InChI is InChI=1S/C17H21N7O6/c1-30-16-10(5-4-9(22-16)15(29)20-6-2-3-12(26)27)21-11(25)7-8-13(18)23-17(19)24-14(8)28/h4-5H,2-3,6-7H2,1H3,(H,20,29)(H,21,25)(H,26,27)(H5,18,19,23,24,28). The average Bonchev–Trinajstić information content (AvgIpc) is 2.68. The molecule has 0 spiro atoms. The van der Waals surface area contributed by atoms with Crippen molar-refractivity contribution in [3.63, 3.8) is 0 Å². The van der Waals surface area contributed by atoms with Crippen molar-refractivity contribution in [1.82, 2.24) is 20.3 Å². The second-order valence-corrected chi connectivity index (χ2v) is 6.05. The number of anilines is 3. The van der Waals surface area contributed by atoms with Gasteiger partial charge in [-0.1, -0.05) is 0 Å². The van der Waals surface area contributed by atoms with Crippen LogP contribution < -0.4 is 32.4 Å². The van der Waals surface area contributed by atoms with Crippen molar-refractivity contribution in [2.45, 2.75) is 19.3 Å². The number of nitrogens with zero attached hydrogens (tertiary/aromatic N) is 2. The second kappa shape index (κ2) is 9.86. The molecular weight excluding hydrogens is 398 g/mol. The monoisotopic (exact) mass is 419 g/mol. The molecule has 0 aliphatic heterocycles. The number of nitrogens with two attached hydrogens (primary N) is 2. The zero-order valence-electron chi connectivity index (χ0n) is 16.0. The van der Waals surface area contributed by atoms with Gasteiger partial charge >= 0.3 is 5.97 Å². The van der Waals surface area contributed by atoms with Gasteiger partial charge in [0.05, 0.1) is 19.1 Å². The first-order valence-electron chi connectivity index (χ1n) is 8.70. The molecule has 160 valence electrons. The van der Waals surface area contributed by atoms with E-state index in [1.165, 1.54) is 19.2 Å². The Balaban J connectivity index is 2.06. The van der Waals surface area contributed by atoms with E-state index in [1.54, 1.807) is 0 Å². The third-order valence-corrected chi connectivity index (χ3v) is 3.82. The predicted octanol–water partition coefficient (Wildman–Crippen LogP) is -0.886. The van der Waals surface area contributed by atoms with Crippen LogP contribution in [0.4, 0.5) is 17.5 Å². The molecule has 8 N–H and O–H groups in total. The van der Waals surface area contributed by atoms with Crippen molar-refractivity contribution in [2.75, 3.05) is 30.4 Å². The number of aromatic amines is 1. The van der Waals surface area contributed by atoms with Crippen LogP contribution in [0.2, 0.25) is 0 Å². The van der Waals surface area contributed by atoms with Gasteiger partial charge in [0.1, 0.15) is 17.2 Å². The van der Waals surface area contributed by atoms with Gasteiger partial charge in [0.2, 0.25) is 17.7 Å². The van der Waals surface area contributed by atoms with Gasteiger partial charge in [-0.2, -0.15) is 4.98 Å². The Morgan fingerprint density at radius 2 is 1.97 bits per heavy atom. The summed E-state index contributed by atoms with van der Waals surface area (Å²) >= 11 is 0. The quantitative estimate of drug-likeness (QED) is 0.276. The van der Waals surface area contributed by atoms with E-state index in [9.17, 15) is 19.2 Å². The molecular formula is C17H21N7O6. The van der Waals surface area contributed by atoms with Gasteiger partial charge in [-0.05, 0) is 18.6 Å². The lowest BCUT2D eigenvalue weighted by atomic mass is 10.2. The van der Waals surface area contributed by atoms with Gasteiger partial charge in [-0.15, -0.1) is 0 Å². The molecule has 13 heteroatoms. The first kappa shape index (κ1) is 22.1. The fraction of sp³-hybridized carbons (Fsp3) is 0.294. The van der Waals surface area contributed by atoms with Gasteiger partial charge in [0.15, 0.2) is 0 Å². The first-order chi connectivity index (χ1) is 14.2. The summed E-state index contributed by atoms with van der Waals surface area (Å²) in [5.41, 5.74) is 10.5. The Morgan fingerprint density at radius 1 is 1.23 bits per heavy atom. The van der Waals surface area contributed by atoms with E-state index in [0.717, 1.165) is 0 Å². The van der Waals surface area contributed by atoms with Gasteiger partial charge in [0.25, 0.3) is 11.5 Å². The van der Waals surface area contributed by atoms with Gasteiger partial charge < -0.3 is 31.9 Å². The molecule has 0 aliphatic rings. The Morgan fingerprint density at radius 3 is 2.60 bits per heavy atom. The van der Waals surface area contributed by atoms with Gasteiger partial charge in [-0.3, -0.25) is 24.2 Å². The van der Waals surface area contributed by atoms with Crippen LogP contribution in [0.25, 0.3) is 0 Å². The Hall–Kier alpha value is -4.16. The molecule has 0 atom stereocenters. The Labute approximate surface area is 169 Å². The van der Waals surface area contributed by atoms with Crippen molar-refractivity contribution in [1.29, 1.82) is 0 Å². The number of ether oxygens (including phenoxy) is 1. The number of pyridine rings is 1. The second-order valence-electron chi connectivity index (χ2n) is 6.05. The highest BCUT2D eigenvalue weighted by atomic mass is 16.5. The number of aliphatic carboxylic acids is 1. The van der Waals surface area contributed by atoms with Gasteiger partial charge in [-0.25, -0.2) is 4.98 Å². The minimum absolute atomic E-state index is 0.0172. The van der Waals surface area contributed by atoms with Gasteiger partial charge in [0, 0.05) is 13.0 Å². The summed E-state index contributed by atoms with van der Waals surface area (Å²) in [6, 6.07) is 2.77. The number of nitrogen functional groups attached to an aromatic ring is 2. The zero-order chi connectivity index (χ0) is 22.3. The summed E-state index contributed by atoms with van der Waals surface area (Å²) in [4.78, 5) is 56.8. The lowest BCUT2D eigenvalue weighted by molar-refractivity contribution is -0.137. The number of amides is 2. The molecule has 2 heterocycles. The zero-order valence-corrected chi connectivity index (χ0v) is 16.0. The Bertz CT molecular complexity index is 1020. The normalized spacial score (nSPS) is 10.3. The van der Waals surface area contributed by atoms with E-state index in [4.69, 9.17) is 21.3 Å². The van der Waals surface area contributed by atoms with E-state index < -0.39 is 23.3 Å². The topological polar surface area (TPSA) is 215 Å². The Kier molecular flexibility index (Phi) is 7.27. The van der Waals surface area contributed by atoms with E-state index in [1.807, 2.05) is 0 Å². The molecule has 30 heavy (non-hydrogen) atoms. The summed E-state index contributed by atoms with van der Waals surface area (Å²) in [5.74, 6) is -2.43. The molecule has 0 fully saturated rings. The van der Waals surface area contributed by atoms with Crippen molar-refractivity contribution in [3.05, 3.63) is 33.7 Å². The highest BCUT2D eigenvalue weighted by Crippen LogP contribution is 2.22. The molecule has 0 aromatic carbocycles. The van der Waals surface area contributed by atoms with Crippen LogP contribution >= 0.6 is 0 Å². The minimum atomic E-state index is -0.956. The molecule has 2 amide bonds. The molecule has 0 saturated carbocycles. The smallest absolute Gasteiger partial charge is 0.303 e. The highest BCUT2D eigenvalue weighted by molar-refractivity contribution is 5.96. The maximum atomic E-state index is 12.3. The number of hydrogen-bond acceptors (Lipinski definition) is 9. The molecule has 2 aromatic rings. The number of rotatable bonds is 9. The van der Waals surface area contributed by atoms with Crippen LogP contribution in [-0.2, 0) is 16.0 Å². The van der Waals surface area contributed by atoms with Crippen LogP contribution in [0, 0.1) is 0 Å². The molecule has 2 rings (SSSR count). The van der Waals surface area contributed by atoms with Crippen molar-refractivity contribution < 1.29 is 24.2 Å². The summed E-state index contributed by atoms with van der Waals surface area (Å²) in [6.07, 6.45) is -0.170. The molecule has 0 unspecified atom stereocenters. The summed E-state index contributed by atoms with van der Waals surface area (Å²) in [6.45, 7) is 0.166. The third kappa shape index (κ3) is 5.92. The van der Waals surface area contributed by atoms with E-state index in [-0.39, 0.29) is 60.4 Å². The maximum Gasteiger partial charge on any atom is 0.303 e.